The molecule has 2 saturated carbocycles. The first-order valence-corrected chi connectivity index (χ1v) is 12.9. The van der Waals surface area contributed by atoms with Crippen LogP contribution in [0.3, 0.4) is 0 Å². The number of carboxylic acid groups (broad SMARTS) is 1. The SMILES string of the molecule is O=C(O)CCC(=O)N(C1CC1)[C@H]1c2ccc(Cl)cc2N(C(=O)c2cccc(OC(F)(F)F)c2)[C@@H]2CCC[C@@H]21. The number of carbonyl (C=O) groups excluding carboxylic acids is 2. The Kier molecular flexibility index (Phi) is 7.02. The van der Waals surface area contributed by atoms with Gasteiger partial charge in [0.1, 0.15) is 5.75 Å². The molecule has 0 saturated heterocycles. The van der Waals surface area contributed by atoms with Gasteiger partial charge < -0.3 is 19.6 Å². The zero-order valence-electron chi connectivity index (χ0n) is 20.3. The maximum absolute atomic E-state index is 13.9. The number of nitrogens with zero attached hydrogens (tertiary/aromatic N) is 2. The fourth-order valence-electron chi connectivity index (χ4n) is 5.91. The highest BCUT2D eigenvalue weighted by atomic mass is 35.5. The number of amides is 2. The summed E-state index contributed by atoms with van der Waals surface area (Å²) in [6, 6.07) is 9.46. The molecule has 1 aliphatic heterocycles. The minimum absolute atomic E-state index is 0.00419. The first-order valence-electron chi connectivity index (χ1n) is 12.6. The van der Waals surface area contributed by atoms with Crippen LogP contribution >= 0.6 is 11.6 Å². The summed E-state index contributed by atoms with van der Waals surface area (Å²) in [5.74, 6) is -2.36. The first-order chi connectivity index (χ1) is 18.0. The average Bonchev–Trinajstić information content (AvgIpc) is 3.56. The summed E-state index contributed by atoms with van der Waals surface area (Å²) < 4.78 is 42.4. The van der Waals surface area contributed by atoms with Crippen LogP contribution < -0.4 is 9.64 Å². The van der Waals surface area contributed by atoms with Gasteiger partial charge in [-0.2, -0.15) is 0 Å². The first kappa shape index (κ1) is 26.3. The Morgan fingerprint density at radius 1 is 1.05 bits per heavy atom. The number of fused-ring (bicyclic) bond motifs is 2. The molecule has 1 N–H and O–H groups in total. The molecule has 7 nitrogen and oxygen atoms in total. The number of carboxylic acids is 1. The minimum atomic E-state index is -4.89. The van der Waals surface area contributed by atoms with E-state index < -0.39 is 24.0 Å². The molecule has 1 heterocycles. The van der Waals surface area contributed by atoms with E-state index in [1.807, 2.05) is 4.90 Å². The normalized spacial score (nSPS) is 22.4. The van der Waals surface area contributed by atoms with Crippen LogP contribution in [0.1, 0.15) is 66.9 Å². The minimum Gasteiger partial charge on any atom is -0.481 e. The second-order valence-corrected chi connectivity index (χ2v) is 10.4. The number of hydrogen-bond acceptors (Lipinski definition) is 4. The van der Waals surface area contributed by atoms with Crippen molar-refractivity contribution in [2.45, 2.75) is 69.4 Å². The summed E-state index contributed by atoms with van der Waals surface area (Å²) in [7, 11) is 0. The second-order valence-electron chi connectivity index (χ2n) is 9.99. The van der Waals surface area contributed by atoms with Crippen molar-refractivity contribution < 1.29 is 37.4 Å². The molecule has 0 spiro atoms. The number of carbonyl (C=O) groups is 3. The van der Waals surface area contributed by atoms with Crippen LogP contribution in [-0.4, -0.2) is 46.2 Å². The molecule has 11 heteroatoms. The number of anilines is 1. The van der Waals surface area contributed by atoms with Crippen molar-refractivity contribution in [3.05, 3.63) is 58.6 Å². The zero-order chi connectivity index (χ0) is 27.2. The number of halogens is 4. The van der Waals surface area contributed by atoms with Gasteiger partial charge in [-0.25, -0.2) is 0 Å². The Hall–Kier alpha value is -3.27. The topological polar surface area (TPSA) is 87.2 Å². The lowest BCUT2D eigenvalue weighted by Crippen LogP contribution is -2.53. The maximum atomic E-state index is 13.9. The van der Waals surface area contributed by atoms with Crippen molar-refractivity contribution in [2.75, 3.05) is 4.90 Å². The van der Waals surface area contributed by atoms with Crippen molar-refractivity contribution in [1.29, 1.82) is 0 Å². The van der Waals surface area contributed by atoms with E-state index in [1.54, 1.807) is 23.1 Å². The van der Waals surface area contributed by atoms with Gasteiger partial charge in [-0.1, -0.05) is 30.2 Å². The summed E-state index contributed by atoms with van der Waals surface area (Å²) >= 11 is 6.35. The lowest BCUT2D eigenvalue weighted by atomic mass is 9.81. The molecule has 2 aromatic carbocycles. The number of hydrogen-bond donors (Lipinski definition) is 1. The maximum Gasteiger partial charge on any atom is 0.573 e. The molecule has 0 unspecified atom stereocenters. The standard InChI is InChI=1S/C27H26ClF3N2O5/c28-16-7-10-20-22(14-16)33(26(37)15-3-1-4-18(13-15)38-27(29,30)31)21-6-2-5-19(21)25(20)32(17-8-9-17)23(34)11-12-24(35)36/h1,3-4,7,10,13-14,17,19,21,25H,2,5-6,8-9,11-12H2,(H,35,36)/t19-,21+,25+/m0/s1. The monoisotopic (exact) mass is 550 g/mol. The quantitative estimate of drug-likeness (QED) is 0.459. The summed E-state index contributed by atoms with van der Waals surface area (Å²) in [6.45, 7) is 0. The van der Waals surface area contributed by atoms with Crippen molar-refractivity contribution >= 4 is 35.1 Å². The van der Waals surface area contributed by atoms with Gasteiger partial charge in [0, 0.05) is 35.0 Å². The molecule has 3 atom stereocenters. The molecule has 5 rings (SSSR count). The molecule has 0 radical (unpaired) electrons. The van der Waals surface area contributed by atoms with Crippen LogP contribution in [0.15, 0.2) is 42.5 Å². The van der Waals surface area contributed by atoms with Gasteiger partial charge in [0.15, 0.2) is 0 Å². The molecule has 2 aromatic rings. The highest BCUT2D eigenvalue weighted by molar-refractivity contribution is 6.31. The fourth-order valence-corrected chi connectivity index (χ4v) is 6.07. The van der Waals surface area contributed by atoms with Gasteiger partial charge in [-0.15, -0.1) is 13.2 Å². The van der Waals surface area contributed by atoms with Gasteiger partial charge >= 0.3 is 12.3 Å². The number of rotatable bonds is 7. The third kappa shape index (κ3) is 5.32. The Morgan fingerprint density at radius 2 is 1.82 bits per heavy atom. The van der Waals surface area contributed by atoms with Crippen molar-refractivity contribution in [1.82, 2.24) is 4.90 Å². The van der Waals surface area contributed by atoms with Gasteiger partial charge in [0.05, 0.1) is 18.2 Å². The van der Waals surface area contributed by atoms with E-state index in [9.17, 15) is 27.6 Å². The number of ether oxygens (including phenoxy) is 1. The number of benzene rings is 2. The lowest BCUT2D eigenvalue weighted by Gasteiger charge is -2.48. The molecule has 0 bridgehead atoms. The highest BCUT2D eigenvalue weighted by Crippen LogP contribution is 2.53. The van der Waals surface area contributed by atoms with Crippen LogP contribution in [0, 0.1) is 5.92 Å². The van der Waals surface area contributed by atoms with Crippen molar-refractivity contribution in [3.63, 3.8) is 0 Å². The van der Waals surface area contributed by atoms with Gasteiger partial charge in [0.25, 0.3) is 5.91 Å². The Morgan fingerprint density at radius 3 is 2.50 bits per heavy atom. The largest absolute Gasteiger partial charge is 0.573 e. The number of aliphatic carboxylic acids is 1. The predicted octanol–water partition coefficient (Wildman–Crippen LogP) is 5.96. The van der Waals surface area contributed by atoms with Gasteiger partial charge in [-0.3, -0.25) is 14.4 Å². The van der Waals surface area contributed by atoms with E-state index in [0.29, 0.717) is 17.1 Å². The van der Waals surface area contributed by atoms with Crippen LogP contribution in [0.2, 0.25) is 5.02 Å². The summed E-state index contributed by atoms with van der Waals surface area (Å²) in [5.41, 5.74) is 1.28. The predicted molar refractivity (Wildman–Crippen MR) is 132 cm³/mol. The highest BCUT2D eigenvalue weighted by Gasteiger charge is 2.51. The van der Waals surface area contributed by atoms with Crippen LogP contribution in [-0.2, 0) is 9.59 Å². The lowest BCUT2D eigenvalue weighted by molar-refractivity contribution is -0.274. The molecule has 2 amide bonds. The zero-order valence-corrected chi connectivity index (χ0v) is 21.0. The average molecular weight is 551 g/mol. The molecule has 0 aromatic heterocycles. The third-order valence-corrected chi connectivity index (χ3v) is 7.69. The molecular formula is C27H26ClF3N2O5. The van der Waals surface area contributed by atoms with Crippen LogP contribution in [0.25, 0.3) is 0 Å². The fraction of sp³-hybridized carbons (Fsp3) is 0.444. The van der Waals surface area contributed by atoms with E-state index in [1.165, 1.54) is 12.1 Å². The van der Waals surface area contributed by atoms with Crippen LogP contribution in [0.5, 0.6) is 5.75 Å². The molecule has 3 aliphatic rings. The smallest absolute Gasteiger partial charge is 0.481 e. The van der Waals surface area contributed by atoms with E-state index >= 15 is 0 Å². The van der Waals surface area contributed by atoms with E-state index in [0.717, 1.165) is 43.4 Å². The summed E-state index contributed by atoms with van der Waals surface area (Å²) in [6.07, 6.45) is -1.43. The van der Waals surface area contributed by atoms with Crippen molar-refractivity contribution in [3.8, 4) is 5.75 Å². The molecule has 202 valence electrons. The van der Waals surface area contributed by atoms with E-state index in [-0.39, 0.29) is 48.4 Å². The Bertz CT molecular complexity index is 1270. The summed E-state index contributed by atoms with van der Waals surface area (Å²) in [5, 5.41) is 9.51. The van der Waals surface area contributed by atoms with Crippen molar-refractivity contribution in [2.24, 2.45) is 5.92 Å². The van der Waals surface area contributed by atoms with Gasteiger partial charge in [0.2, 0.25) is 5.91 Å². The second kappa shape index (κ2) is 10.1. The molecule has 2 aliphatic carbocycles. The van der Waals surface area contributed by atoms with Crippen LogP contribution in [0.4, 0.5) is 18.9 Å². The molecule has 38 heavy (non-hydrogen) atoms. The molecule has 2 fully saturated rings. The van der Waals surface area contributed by atoms with E-state index in [4.69, 9.17) is 16.7 Å². The molecular weight excluding hydrogens is 525 g/mol. The summed E-state index contributed by atoms with van der Waals surface area (Å²) in [4.78, 5) is 41.8. The number of alkyl halides is 3. The van der Waals surface area contributed by atoms with Gasteiger partial charge in [-0.05, 0) is 61.6 Å². The Labute approximate surface area is 222 Å². The third-order valence-electron chi connectivity index (χ3n) is 7.45. The van der Waals surface area contributed by atoms with E-state index in [2.05, 4.69) is 4.74 Å². The Balaban J connectivity index is 1.55.